The van der Waals surface area contributed by atoms with E-state index in [9.17, 15) is 4.79 Å². The quantitative estimate of drug-likeness (QED) is 0.800. The third kappa shape index (κ3) is 2.24. The van der Waals surface area contributed by atoms with Crippen molar-refractivity contribution in [1.29, 1.82) is 0 Å². The van der Waals surface area contributed by atoms with Crippen molar-refractivity contribution in [2.75, 3.05) is 13.1 Å². The normalized spacial score (nSPS) is 34.4. The lowest BCUT2D eigenvalue weighted by Crippen LogP contribution is -2.36. The van der Waals surface area contributed by atoms with Crippen LogP contribution in [0.5, 0.6) is 0 Å². The molecule has 0 amide bonds. The van der Waals surface area contributed by atoms with Gasteiger partial charge in [-0.1, -0.05) is 19.8 Å². The molecule has 2 rings (SSSR count). The fourth-order valence-electron chi connectivity index (χ4n) is 3.40. The van der Waals surface area contributed by atoms with Crippen molar-refractivity contribution in [1.82, 2.24) is 4.90 Å². The lowest BCUT2D eigenvalue weighted by atomic mass is 9.98. The minimum absolute atomic E-state index is 0.149. The van der Waals surface area contributed by atoms with E-state index in [0.29, 0.717) is 12.0 Å². The molecule has 0 spiro atoms. The number of hydrogen-bond donors (Lipinski definition) is 1. The lowest BCUT2D eigenvalue weighted by Gasteiger charge is -2.29. The van der Waals surface area contributed by atoms with E-state index in [0.717, 1.165) is 19.0 Å². The van der Waals surface area contributed by atoms with Gasteiger partial charge in [-0.3, -0.25) is 9.69 Å². The van der Waals surface area contributed by atoms with Gasteiger partial charge < -0.3 is 5.11 Å². The molecule has 1 N–H and O–H groups in total. The summed E-state index contributed by atoms with van der Waals surface area (Å²) in [6, 6.07) is 0.578. The highest BCUT2D eigenvalue weighted by atomic mass is 16.4. The molecular formula is C13H23NO2. The summed E-state index contributed by atoms with van der Waals surface area (Å²) >= 11 is 0. The molecule has 3 atom stereocenters. The van der Waals surface area contributed by atoms with Crippen LogP contribution in [0.1, 0.15) is 39.5 Å². The molecule has 1 saturated carbocycles. The zero-order valence-corrected chi connectivity index (χ0v) is 10.4. The van der Waals surface area contributed by atoms with Crippen LogP contribution >= 0.6 is 0 Å². The Labute approximate surface area is 97.8 Å². The van der Waals surface area contributed by atoms with Gasteiger partial charge in [0.1, 0.15) is 0 Å². The Kier molecular flexibility index (Phi) is 3.53. The monoisotopic (exact) mass is 225 g/mol. The number of rotatable bonds is 3. The number of hydrogen-bond acceptors (Lipinski definition) is 2. The molecule has 1 unspecified atom stereocenters. The van der Waals surface area contributed by atoms with Gasteiger partial charge in [0.25, 0.3) is 0 Å². The van der Waals surface area contributed by atoms with Gasteiger partial charge in [-0.15, -0.1) is 0 Å². The SMILES string of the molecule is CC(C1CCCC1)N1C[C@@H](C)[C@H](C(=O)O)C1. The molecule has 92 valence electrons. The van der Waals surface area contributed by atoms with E-state index < -0.39 is 5.97 Å². The molecule has 16 heavy (non-hydrogen) atoms. The van der Waals surface area contributed by atoms with Crippen LogP contribution in [0.25, 0.3) is 0 Å². The Morgan fingerprint density at radius 1 is 1.31 bits per heavy atom. The Morgan fingerprint density at radius 3 is 2.44 bits per heavy atom. The van der Waals surface area contributed by atoms with Crippen molar-refractivity contribution in [3.63, 3.8) is 0 Å². The van der Waals surface area contributed by atoms with Gasteiger partial charge in [-0.05, 0) is 31.6 Å². The summed E-state index contributed by atoms with van der Waals surface area (Å²) in [6.45, 7) is 6.08. The fraction of sp³-hybridized carbons (Fsp3) is 0.923. The highest BCUT2D eigenvalue weighted by Crippen LogP contribution is 2.34. The van der Waals surface area contributed by atoms with Crippen LogP contribution in [0, 0.1) is 17.8 Å². The van der Waals surface area contributed by atoms with Crippen molar-refractivity contribution in [2.24, 2.45) is 17.8 Å². The number of likely N-dealkylation sites (tertiary alicyclic amines) is 1. The Bertz CT molecular complexity index is 261. The molecule has 3 heteroatoms. The standard InChI is InChI=1S/C13H23NO2/c1-9-7-14(8-12(9)13(15)16)10(2)11-5-3-4-6-11/h9-12H,3-8H2,1-2H3,(H,15,16)/t9-,10?,12-/m1/s1. The third-order valence-electron chi connectivity index (χ3n) is 4.62. The van der Waals surface area contributed by atoms with Gasteiger partial charge in [0.15, 0.2) is 0 Å². The molecule has 2 fully saturated rings. The van der Waals surface area contributed by atoms with E-state index in [2.05, 4.69) is 18.7 Å². The van der Waals surface area contributed by atoms with E-state index in [1.807, 2.05) is 0 Å². The zero-order chi connectivity index (χ0) is 11.7. The summed E-state index contributed by atoms with van der Waals surface area (Å²) in [5, 5.41) is 9.12. The topological polar surface area (TPSA) is 40.5 Å². The van der Waals surface area contributed by atoms with Gasteiger partial charge in [0, 0.05) is 19.1 Å². The van der Waals surface area contributed by atoms with Crippen LogP contribution in [-0.4, -0.2) is 35.1 Å². The first-order chi connectivity index (χ1) is 7.59. The van der Waals surface area contributed by atoms with E-state index in [1.54, 1.807) is 0 Å². The number of carboxylic acids is 1. The molecule has 3 nitrogen and oxygen atoms in total. The minimum atomic E-state index is -0.617. The van der Waals surface area contributed by atoms with Crippen molar-refractivity contribution < 1.29 is 9.90 Å². The maximum Gasteiger partial charge on any atom is 0.308 e. The van der Waals surface area contributed by atoms with Crippen LogP contribution in [0.3, 0.4) is 0 Å². The van der Waals surface area contributed by atoms with E-state index >= 15 is 0 Å². The predicted molar refractivity (Wildman–Crippen MR) is 63.3 cm³/mol. The summed E-state index contributed by atoms with van der Waals surface area (Å²) in [5.41, 5.74) is 0. The number of carboxylic acid groups (broad SMARTS) is 1. The van der Waals surface area contributed by atoms with Crippen LogP contribution < -0.4 is 0 Å². The number of nitrogens with zero attached hydrogens (tertiary/aromatic N) is 1. The van der Waals surface area contributed by atoms with Crippen molar-refractivity contribution in [3.05, 3.63) is 0 Å². The van der Waals surface area contributed by atoms with Crippen LogP contribution in [0.2, 0.25) is 0 Å². The van der Waals surface area contributed by atoms with Gasteiger partial charge in [-0.25, -0.2) is 0 Å². The number of carbonyl (C=O) groups is 1. The molecule has 0 aromatic rings. The molecular weight excluding hydrogens is 202 g/mol. The van der Waals surface area contributed by atoms with Gasteiger partial charge in [0.2, 0.25) is 0 Å². The molecule has 0 aromatic carbocycles. The smallest absolute Gasteiger partial charge is 0.308 e. The van der Waals surface area contributed by atoms with E-state index in [-0.39, 0.29) is 5.92 Å². The molecule has 0 bridgehead atoms. The van der Waals surface area contributed by atoms with Crippen LogP contribution in [0.15, 0.2) is 0 Å². The minimum Gasteiger partial charge on any atom is -0.481 e. The highest BCUT2D eigenvalue weighted by molar-refractivity contribution is 5.71. The second-order valence-electron chi connectivity index (χ2n) is 5.66. The summed E-state index contributed by atoms with van der Waals surface area (Å²) < 4.78 is 0. The summed E-state index contributed by atoms with van der Waals surface area (Å²) in [6.07, 6.45) is 5.40. The molecule has 1 aliphatic carbocycles. The first-order valence-electron chi connectivity index (χ1n) is 6.56. The fourth-order valence-corrected chi connectivity index (χ4v) is 3.40. The first-order valence-corrected chi connectivity index (χ1v) is 6.56. The van der Waals surface area contributed by atoms with Gasteiger partial charge >= 0.3 is 5.97 Å². The molecule has 1 heterocycles. The Morgan fingerprint density at radius 2 is 1.94 bits per heavy atom. The second-order valence-corrected chi connectivity index (χ2v) is 5.66. The highest BCUT2D eigenvalue weighted by Gasteiger charge is 2.38. The van der Waals surface area contributed by atoms with Crippen LogP contribution in [-0.2, 0) is 4.79 Å². The largest absolute Gasteiger partial charge is 0.481 e. The summed E-state index contributed by atoms with van der Waals surface area (Å²) in [4.78, 5) is 13.5. The maximum absolute atomic E-state index is 11.1. The Balaban J connectivity index is 1.93. The summed E-state index contributed by atoms with van der Waals surface area (Å²) in [7, 11) is 0. The maximum atomic E-state index is 11.1. The molecule has 1 saturated heterocycles. The third-order valence-corrected chi connectivity index (χ3v) is 4.62. The predicted octanol–water partition coefficient (Wildman–Crippen LogP) is 2.22. The molecule has 0 radical (unpaired) electrons. The zero-order valence-electron chi connectivity index (χ0n) is 10.4. The second kappa shape index (κ2) is 4.74. The van der Waals surface area contributed by atoms with Crippen molar-refractivity contribution in [2.45, 2.75) is 45.6 Å². The lowest BCUT2D eigenvalue weighted by molar-refractivity contribution is -0.142. The van der Waals surface area contributed by atoms with Crippen LogP contribution in [0.4, 0.5) is 0 Å². The van der Waals surface area contributed by atoms with Crippen molar-refractivity contribution in [3.8, 4) is 0 Å². The average molecular weight is 225 g/mol. The number of aliphatic carboxylic acids is 1. The molecule has 1 aliphatic heterocycles. The van der Waals surface area contributed by atoms with Gasteiger partial charge in [0.05, 0.1) is 5.92 Å². The summed E-state index contributed by atoms with van der Waals surface area (Å²) in [5.74, 6) is 0.346. The van der Waals surface area contributed by atoms with E-state index in [4.69, 9.17) is 5.11 Å². The van der Waals surface area contributed by atoms with E-state index in [1.165, 1.54) is 25.7 Å². The molecule has 2 aliphatic rings. The van der Waals surface area contributed by atoms with Gasteiger partial charge in [-0.2, -0.15) is 0 Å². The van der Waals surface area contributed by atoms with Crippen molar-refractivity contribution >= 4 is 5.97 Å². The Hall–Kier alpha value is -0.570. The molecule has 0 aromatic heterocycles. The first kappa shape index (κ1) is 11.9. The average Bonchev–Trinajstić information content (AvgIpc) is 2.84.